The van der Waals surface area contributed by atoms with Gasteiger partial charge in [0.25, 0.3) is 0 Å². The smallest absolute Gasteiger partial charge is 0.225 e. The fraction of sp³-hybridized carbons (Fsp3) is 0.933. The third-order valence-corrected chi connectivity index (χ3v) is 4.83. The molecule has 3 aliphatic rings. The van der Waals surface area contributed by atoms with E-state index in [1.807, 2.05) is 0 Å². The van der Waals surface area contributed by atoms with Gasteiger partial charge in [-0.1, -0.05) is 6.42 Å². The maximum absolute atomic E-state index is 12.3. The number of nitrogens with one attached hydrogen (secondary N) is 1. The standard InChI is InChI=1S/C15H27N3O2.2ClH/c19-15(10-14-11-16-5-9-20-14)18-8-4-13(12-18)17-6-2-1-3-7-17;;/h13-14,16H,1-12H2;2*1H. The molecule has 1 N–H and O–H groups in total. The first-order valence-corrected chi connectivity index (χ1v) is 8.17. The normalized spacial score (nSPS) is 29.5. The Bertz CT molecular complexity index is 335. The van der Waals surface area contributed by atoms with Crippen molar-refractivity contribution in [3.63, 3.8) is 0 Å². The van der Waals surface area contributed by atoms with Gasteiger partial charge in [-0.3, -0.25) is 9.69 Å². The summed E-state index contributed by atoms with van der Waals surface area (Å²) in [5, 5.41) is 3.29. The monoisotopic (exact) mass is 353 g/mol. The molecule has 3 fully saturated rings. The summed E-state index contributed by atoms with van der Waals surface area (Å²) in [4.78, 5) is 17.0. The summed E-state index contributed by atoms with van der Waals surface area (Å²) < 4.78 is 5.63. The number of ether oxygens (including phenoxy) is 1. The number of likely N-dealkylation sites (tertiary alicyclic amines) is 2. The highest BCUT2D eigenvalue weighted by atomic mass is 35.5. The molecule has 3 rings (SSSR count). The van der Waals surface area contributed by atoms with E-state index in [1.165, 1.54) is 32.4 Å². The molecule has 0 aromatic carbocycles. The van der Waals surface area contributed by atoms with Crippen LogP contribution in [0.25, 0.3) is 0 Å². The molecule has 3 aliphatic heterocycles. The average molecular weight is 354 g/mol. The second-order valence-electron chi connectivity index (χ2n) is 6.28. The summed E-state index contributed by atoms with van der Waals surface area (Å²) in [6, 6.07) is 0.602. The Balaban J connectivity index is 0.00000121. The molecule has 3 saturated heterocycles. The fourth-order valence-corrected chi connectivity index (χ4v) is 3.62. The number of piperidine rings is 1. The van der Waals surface area contributed by atoms with Gasteiger partial charge in [0.1, 0.15) is 0 Å². The molecule has 0 aromatic heterocycles. The van der Waals surface area contributed by atoms with Gasteiger partial charge in [-0.05, 0) is 32.4 Å². The van der Waals surface area contributed by atoms with E-state index >= 15 is 0 Å². The summed E-state index contributed by atoms with van der Waals surface area (Å²) in [6.07, 6.45) is 5.79. The number of carbonyl (C=O) groups excluding carboxylic acids is 1. The summed E-state index contributed by atoms with van der Waals surface area (Å²) in [6.45, 7) is 6.76. The predicted octanol–water partition coefficient (Wildman–Crippen LogP) is 1.30. The van der Waals surface area contributed by atoms with Crippen LogP contribution in [-0.2, 0) is 9.53 Å². The van der Waals surface area contributed by atoms with Gasteiger partial charge in [0.15, 0.2) is 0 Å². The van der Waals surface area contributed by atoms with Crippen LogP contribution in [0.3, 0.4) is 0 Å². The molecule has 1 amide bonds. The van der Waals surface area contributed by atoms with E-state index in [4.69, 9.17) is 4.74 Å². The average Bonchev–Trinajstić information content (AvgIpc) is 2.99. The molecule has 0 radical (unpaired) electrons. The third-order valence-electron chi connectivity index (χ3n) is 4.83. The van der Waals surface area contributed by atoms with Gasteiger partial charge in [0.2, 0.25) is 5.91 Å². The first-order chi connectivity index (χ1) is 9.83. The molecule has 7 heteroatoms. The van der Waals surface area contributed by atoms with Crippen molar-refractivity contribution in [1.29, 1.82) is 0 Å². The van der Waals surface area contributed by atoms with Gasteiger partial charge in [0.05, 0.1) is 19.1 Å². The lowest BCUT2D eigenvalue weighted by Gasteiger charge is -2.32. The van der Waals surface area contributed by atoms with Gasteiger partial charge in [-0.15, -0.1) is 24.8 Å². The minimum atomic E-state index is 0. The molecular weight excluding hydrogens is 325 g/mol. The van der Waals surface area contributed by atoms with Crippen LogP contribution < -0.4 is 5.32 Å². The van der Waals surface area contributed by atoms with E-state index < -0.39 is 0 Å². The molecule has 0 aliphatic carbocycles. The Morgan fingerprint density at radius 2 is 1.91 bits per heavy atom. The quantitative estimate of drug-likeness (QED) is 0.830. The summed E-state index contributed by atoms with van der Waals surface area (Å²) >= 11 is 0. The first-order valence-electron chi connectivity index (χ1n) is 8.17. The van der Waals surface area contributed by atoms with Crippen molar-refractivity contribution < 1.29 is 9.53 Å². The van der Waals surface area contributed by atoms with Gasteiger partial charge in [-0.25, -0.2) is 0 Å². The molecule has 2 atom stereocenters. The van der Waals surface area contributed by atoms with E-state index in [0.717, 1.165) is 39.2 Å². The number of carbonyl (C=O) groups is 1. The van der Waals surface area contributed by atoms with Crippen LogP contribution in [-0.4, -0.2) is 73.7 Å². The minimum Gasteiger partial charge on any atom is -0.375 e. The highest BCUT2D eigenvalue weighted by Gasteiger charge is 2.31. The SMILES string of the molecule is Cl.Cl.O=C(CC1CNCCO1)N1CCC(N2CCCCC2)C1. The Hall–Kier alpha value is -0.0700. The van der Waals surface area contributed by atoms with Crippen LogP contribution in [0.5, 0.6) is 0 Å². The maximum atomic E-state index is 12.3. The zero-order chi connectivity index (χ0) is 13.8. The highest BCUT2D eigenvalue weighted by Crippen LogP contribution is 2.21. The van der Waals surface area contributed by atoms with Crippen molar-refractivity contribution in [2.45, 2.75) is 44.2 Å². The molecule has 0 aromatic rings. The molecule has 3 heterocycles. The number of amides is 1. The number of morpholine rings is 1. The molecule has 130 valence electrons. The molecule has 0 bridgehead atoms. The summed E-state index contributed by atoms with van der Waals surface area (Å²) in [5.41, 5.74) is 0. The summed E-state index contributed by atoms with van der Waals surface area (Å²) in [5.74, 6) is 0.276. The van der Waals surface area contributed by atoms with Crippen LogP contribution in [0.15, 0.2) is 0 Å². The number of nitrogens with zero attached hydrogens (tertiary/aromatic N) is 2. The van der Waals surface area contributed by atoms with Crippen molar-refractivity contribution in [2.75, 3.05) is 45.9 Å². The molecular formula is C15H29Cl2N3O2. The first kappa shape index (κ1) is 20.0. The maximum Gasteiger partial charge on any atom is 0.225 e. The molecule has 22 heavy (non-hydrogen) atoms. The lowest BCUT2D eigenvalue weighted by atomic mass is 10.1. The third kappa shape index (κ3) is 5.24. The van der Waals surface area contributed by atoms with E-state index in [1.54, 1.807) is 0 Å². The zero-order valence-corrected chi connectivity index (χ0v) is 14.8. The van der Waals surface area contributed by atoms with Crippen molar-refractivity contribution in [1.82, 2.24) is 15.1 Å². The van der Waals surface area contributed by atoms with Gasteiger partial charge < -0.3 is 15.0 Å². The molecule has 2 unspecified atom stereocenters. The fourth-order valence-electron chi connectivity index (χ4n) is 3.62. The summed E-state index contributed by atoms with van der Waals surface area (Å²) in [7, 11) is 0. The van der Waals surface area contributed by atoms with Crippen LogP contribution in [0, 0.1) is 0 Å². The van der Waals surface area contributed by atoms with Crippen LogP contribution in [0.2, 0.25) is 0 Å². The Labute approximate surface area is 145 Å². The lowest BCUT2D eigenvalue weighted by Crippen LogP contribution is -2.44. The van der Waals surface area contributed by atoms with Crippen LogP contribution >= 0.6 is 24.8 Å². The number of halogens is 2. The van der Waals surface area contributed by atoms with Gasteiger partial charge in [0, 0.05) is 32.2 Å². The van der Waals surface area contributed by atoms with Crippen molar-refractivity contribution >= 4 is 30.7 Å². The largest absolute Gasteiger partial charge is 0.375 e. The van der Waals surface area contributed by atoms with Gasteiger partial charge in [-0.2, -0.15) is 0 Å². The highest BCUT2D eigenvalue weighted by molar-refractivity contribution is 5.85. The Kier molecular flexibility index (Phi) is 9.02. The molecule has 5 nitrogen and oxygen atoms in total. The zero-order valence-electron chi connectivity index (χ0n) is 13.2. The van der Waals surface area contributed by atoms with E-state index in [0.29, 0.717) is 12.5 Å². The van der Waals surface area contributed by atoms with E-state index in [9.17, 15) is 4.79 Å². The number of hydrogen-bond donors (Lipinski definition) is 1. The van der Waals surface area contributed by atoms with Crippen molar-refractivity contribution in [3.05, 3.63) is 0 Å². The Morgan fingerprint density at radius 3 is 2.59 bits per heavy atom. The number of hydrogen-bond acceptors (Lipinski definition) is 4. The van der Waals surface area contributed by atoms with Crippen molar-refractivity contribution in [3.8, 4) is 0 Å². The minimum absolute atomic E-state index is 0. The van der Waals surface area contributed by atoms with E-state index in [-0.39, 0.29) is 36.8 Å². The van der Waals surface area contributed by atoms with Crippen molar-refractivity contribution in [2.24, 2.45) is 0 Å². The molecule has 0 saturated carbocycles. The Morgan fingerprint density at radius 1 is 1.14 bits per heavy atom. The second-order valence-corrected chi connectivity index (χ2v) is 6.28. The number of rotatable bonds is 3. The molecule has 0 spiro atoms. The topological polar surface area (TPSA) is 44.8 Å². The van der Waals surface area contributed by atoms with Crippen LogP contribution in [0.1, 0.15) is 32.1 Å². The van der Waals surface area contributed by atoms with E-state index in [2.05, 4.69) is 15.1 Å². The lowest BCUT2D eigenvalue weighted by molar-refractivity contribution is -0.133. The second kappa shape index (κ2) is 9.93. The van der Waals surface area contributed by atoms with Crippen LogP contribution in [0.4, 0.5) is 0 Å². The van der Waals surface area contributed by atoms with Gasteiger partial charge >= 0.3 is 0 Å². The predicted molar refractivity (Wildman–Crippen MR) is 92.1 cm³/mol.